The van der Waals surface area contributed by atoms with Gasteiger partial charge >= 0.3 is 7.82 Å². The van der Waals surface area contributed by atoms with Gasteiger partial charge in [-0.2, -0.15) is 0 Å². The van der Waals surface area contributed by atoms with E-state index >= 15 is 0 Å². The van der Waals surface area contributed by atoms with Crippen molar-refractivity contribution in [3.8, 4) is 0 Å². The minimum Gasteiger partial charge on any atom is -0.385 e. The second-order valence-corrected chi connectivity index (χ2v) is 9.95. The second-order valence-electron chi connectivity index (χ2n) is 8.50. The highest BCUT2D eigenvalue weighted by molar-refractivity contribution is 7.47. The Kier molecular flexibility index (Phi) is 15.4. The lowest BCUT2D eigenvalue weighted by atomic mass is 10.0. The quantitative estimate of drug-likeness (QED) is 0.184. The van der Waals surface area contributed by atoms with E-state index in [4.69, 9.17) is 9.05 Å². The topological polar surface area (TPSA) is 93.1 Å². The van der Waals surface area contributed by atoms with E-state index in [9.17, 15) is 19.4 Å². The molecule has 0 amide bonds. The van der Waals surface area contributed by atoms with Gasteiger partial charge in [0.2, 0.25) is 0 Å². The maximum absolute atomic E-state index is 11.9. The largest absolute Gasteiger partial charge is 0.472 e. The van der Waals surface area contributed by atoms with Crippen LogP contribution in [0, 0.1) is 0 Å². The fourth-order valence-electron chi connectivity index (χ4n) is 2.70. The number of rotatable bonds is 19. The zero-order valence-corrected chi connectivity index (χ0v) is 19.3. The molecule has 2 unspecified atom stereocenters. The molecule has 0 aliphatic carbocycles. The fraction of sp³-hybridized carbons (Fsp3) is 0.950. The van der Waals surface area contributed by atoms with Gasteiger partial charge in [0.05, 0.1) is 27.7 Å². The van der Waals surface area contributed by atoms with E-state index in [0.717, 1.165) is 19.3 Å². The summed E-state index contributed by atoms with van der Waals surface area (Å²) in [6, 6.07) is 0. The number of phosphoric ester groups is 1. The highest BCUT2D eigenvalue weighted by Gasteiger charge is 2.23. The van der Waals surface area contributed by atoms with Crippen LogP contribution < -0.4 is 0 Å². The summed E-state index contributed by atoms with van der Waals surface area (Å²) in [4.78, 5) is 21.5. The summed E-state index contributed by atoms with van der Waals surface area (Å²) in [6.07, 6.45) is 9.93. The molecule has 0 radical (unpaired) electrons. The lowest BCUT2D eigenvalue weighted by Crippen LogP contribution is -2.37. The summed E-state index contributed by atoms with van der Waals surface area (Å²) >= 11 is 0. The molecule has 0 heterocycles. The normalized spacial score (nSPS) is 15.4. The number of ketones is 1. The summed E-state index contributed by atoms with van der Waals surface area (Å²) in [6.45, 7) is 2.63. The molecular weight excluding hydrogens is 381 g/mol. The molecule has 7 nitrogen and oxygen atoms in total. The third-order valence-corrected chi connectivity index (χ3v) is 5.59. The number of quaternary nitrogens is 1. The number of nitrogens with zero attached hydrogens (tertiary/aromatic N) is 1. The lowest BCUT2D eigenvalue weighted by Gasteiger charge is -2.24. The van der Waals surface area contributed by atoms with Gasteiger partial charge in [0.25, 0.3) is 0 Å². The average Bonchev–Trinajstić information content (AvgIpc) is 2.58. The van der Waals surface area contributed by atoms with Crippen LogP contribution >= 0.6 is 7.82 Å². The van der Waals surface area contributed by atoms with E-state index < -0.39 is 13.9 Å². The Hall–Kier alpha value is -0.300. The standard InChI is InChI=1S/C20H42NO6P/c1-5-6-7-8-9-10-11-12-13-14-19(22)20(23)15-17-26-28(24,25)27-18-16-21(2,3)4/h19,22H,5-18H2,1-4H3/p+1. The zero-order valence-electron chi connectivity index (χ0n) is 18.4. The van der Waals surface area contributed by atoms with Gasteiger partial charge in [0.15, 0.2) is 5.78 Å². The van der Waals surface area contributed by atoms with Crippen molar-refractivity contribution in [2.24, 2.45) is 0 Å². The molecule has 8 heteroatoms. The smallest absolute Gasteiger partial charge is 0.385 e. The summed E-state index contributed by atoms with van der Waals surface area (Å²) in [5.41, 5.74) is 0. The van der Waals surface area contributed by atoms with Crippen LogP contribution in [0.25, 0.3) is 0 Å². The number of carbonyl (C=O) groups excluding carboxylic acids is 1. The summed E-state index contributed by atoms with van der Waals surface area (Å²) in [5, 5.41) is 9.91. The number of hydrogen-bond donors (Lipinski definition) is 2. The van der Waals surface area contributed by atoms with Crippen molar-refractivity contribution in [2.75, 3.05) is 40.9 Å². The van der Waals surface area contributed by atoms with Crippen LogP contribution in [-0.2, 0) is 18.4 Å². The summed E-state index contributed by atoms with van der Waals surface area (Å²) in [5.74, 6) is -0.356. The first kappa shape index (κ1) is 27.7. The van der Waals surface area contributed by atoms with Crippen LogP contribution in [0.1, 0.15) is 77.6 Å². The Morgan fingerprint density at radius 1 is 0.929 bits per heavy atom. The van der Waals surface area contributed by atoms with E-state index in [2.05, 4.69) is 6.92 Å². The monoisotopic (exact) mass is 424 g/mol. The maximum Gasteiger partial charge on any atom is 0.472 e. The molecule has 0 saturated heterocycles. The Morgan fingerprint density at radius 3 is 1.96 bits per heavy atom. The Bertz CT molecular complexity index is 452. The molecule has 0 aromatic heterocycles. The van der Waals surface area contributed by atoms with Crippen molar-refractivity contribution in [1.82, 2.24) is 0 Å². The number of carbonyl (C=O) groups is 1. The van der Waals surface area contributed by atoms with Gasteiger partial charge in [0, 0.05) is 6.42 Å². The van der Waals surface area contributed by atoms with E-state index in [0.29, 0.717) is 17.4 Å². The van der Waals surface area contributed by atoms with Crippen LogP contribution in [0.4, 0.5) is 0 Å². The molecule has 168 valence electrons. The van der Waals surface area contributed by atoms with Gasteiger partial charge < -0.3 is 14.5 Å². The minimum absolute atomic E-state index is 0.0897. The number of likely N-dealkylation sites (N-methyl/N-ethyl adjacent to an activating group) is 1. The highest BCUT2D eigenvalue weighted by atomic mass is 31.2. The summed E-state index contributed by atoms with van der Waals surface area (Å²) in [7, 11) is 1.68. The number of hydrogen-bond acceptors (Lipinski definition) is 5. The van der Waals surface area contributed by atoms with E-state index in [1.807, 2.05) is 21.1 Å². The first-order chi connectivity index (χ1) is 13.1. The molecule has 0 saturated carbocycles. The molecule has 0 aliphatic heterocycles. The number of aliphatic hydroxyl groups is 1. The SMILES string of the molecule is CCCCCCCCCCCC(O)C(=O)CCOP(=O)(O)OCC[N+](C)(C)C. The fourth-order valence-corrected chi connectivity index (χ4v) is 3.41. The van der Waals surface area contributed by atoms with Crippen LogP contribution in [0.5, 0.6) is 0 Å². The third kappa shape index (κ3) is 17.8. The molecule has 2 N–H and O–H groups in total. The van der Waals surface area contributed by atoms with E-state index in [-0.39, 0.29) is 25.4 Å². The van der Waals surface area contributed by atoms with Crippen LogP contribution in [-0.4, -0.2) is 67.3 Å². The Labute approximate surface area is 171 Å². The number of phosphoric acid groups is 1. The molecule has 2 atom stereocenters. The molecule has 0 bridgehead atoms. The highest BCUT2D eigenvalue weighted by Crippen LogP contribution is 2.43. The van der Waals surface area contributed by atoms with Crippen LogP contribution in [0.3, 0.4) is 0 Å². The van der Waals surface area contributed by atoms with Crippen molar-refractivity contribution in [3.05, 3.63) is 0 Å². The molecule has 0 spiro atoms. The van der Waals surface area contributed by atoms with Crippen molar-refractivity contribution in [3.63, 3.8) is 0 Å². The second kappa shape index (κ2) is 15.5. The molecule has 0 rings (SSSR count). The van der Waals surface area contributed by atoms with Gasteiger partial charge in [-0.25, -0.2) is 4.57 Å². The van der Waals surface area contributed by atoms with Gasteiger partial charge in [-0.1, -0.05) is 64.7 Å². The lowest BCUT2D eigenvalue weighted by molar-refractivity contribution is -0.870. The first-order valence-corrected chi connectivity index (χ1v) is 12.2. The predicted molar refractivity (Wildman–Crippen MR) is 112 cm³/mol. The molecule has 0 aromatic rings. The van der Waals surface area contributed by atoms with Gasteiger partial charge in [0.1, 0.15) is 19.3 Å². The number of Topliss-reactive ketones (excluding diaryl/α,β-unsaturated/α-hetero) is 1. The van der Waals surface area contributed by atoms with E-state index in [1.54, 1.807) is 0 Å². The van der Waals surface area contributed by atoms with Crippen LogP contribution in [0.2, 0.25) is 0 Å². The average molecular weight is 425 g/mol. The Morgan fingerprint density at radius 2 is 1.43 bits per heavy atom. The van der Waals surface area contributed by atoms with Gasteiger partial charge in [-0.3, -0.25) is 13.8 Å². The molecule has 0 aliphatic rings. The summed E-state index contributed by atoms with van der Waals surface area (Å²) < 4.78 is 22.0. The van der Waals surface area contributed by atoms with Crippen LogP contribution in [0.15, 0.2) is 0 Å². The molecule has 28 heavy (non-hydrogen) atoms. The van der Waals surface area contributed by atoms with Crippen molar-refractivity contribution >= 4 is 13.6 Å². The van der Waals surface area contributed by atoms with Gasteiger partial charge in [-0.05, 0) is 6.42 Å². The number of aliphatic hydroxyl groups excluding tert-OH is 1. The number of unbranched alkanes of at least 4 members (excludes halogenated alkanes) is 8. The maximum atomic E-state index is 11.9. The van der Waals surface area contributed by atoms with E-state index in [1.165, 1.54) is 38.5 Å². The van der Waals surface area contributed by atoms with Crippen molar-refractivity contribution in [2.45, 2.75) is 83.7 Å². The van der Waals surface area contributed by atoms with Gasteiger partial charge in [-0.15, -0.1) is 0 Å². The molecule has 0 aromatic carbocycles. The Balaban J connectivity index is 3.73. The first-order valence-electron chi connectivity index (χ1n) is 10.7. The predicted octanol–water partition coefficient (Wildman–Crippen LogP) is 4.07. The zero-order chi connectivity index (χ0) is 21.5. The minimum atomic E-state index is -4.15. The molecule has 0 fully saturated rings. The molecular formula is C20H43NO6P+. The van der Waals surface area contributed by atoms with Crippen molar-refractivity contribution in [1.29, 1.82) is 0 Å². The van der Waals surface area contributed by atoms with Crippen molar-refractivity contribution < 1.29 is 32.9 Å². The third-order valence-electron chi connectivity index (χ3n) is 4.57.